The van der Waals surface area contributed by atoms with Crippen molar-refractivity contribution in [2.24, 2.45) is 0 Å². The van der Waals surface area contributed by atoms with Gasteiger partial charge in [0, 0.05) is 18.9 Å². The minimum Gasteiger partial charge on any atom is -0.497 e. The van der Waals surface area contributed by atoms with Crippen LogP contribution in [0.25, 0.3) is 5.69 Å². The Kier molecular flexibility index (Phi) is 5.84. The van der Waals surface area contributed by atoms with Gasteiger partial charge in [-0.2, -0.15) is 18.3 Å². The van der Waals surface area contributed by atoms with Crippen LogP contribution in [-0.2, 0) is 12.7 Å². The Hall–Kier alpha value is -3.07. The zero-order valence-electron chi connectivity index (χ0n) is 14.8. The average Bonchev–Trinajstić information content (AvgIpc) is 3.20. The van der Waals surface area contributed by atoms with Gasteiger partial charge in [0.2, 0.25) is 0 Å². The third-order valence-corrected chi connectivity index (χ3v) is 4.18. The normalized spacial score (nSPS) is 11.1. The summed E-state index contributed by atoms with van der Waals surface area (Å²) >= 11 is 5.25. The van der Waals surface area contributed by atoms with E-state index >= 15 is 0 Å². The smallest absolute Gasteiger partial charge is 0.416 e. The van der Waals surface area contributed by atoms with Gasteiger partial charge in [0.25, 0.3) is 0 Å². The molecule has 0 unspecified atom stereocenters. The Morgan fingerprint density at radius 2 is 1.93 bits per heavy atom. The third-order valence-electron chi connectivity index (χ3n) is 3.94. The van der Waals surface area contributed by atoms with Gasteiger partial charge in [-0.3, -0.25) is 0 Å². The van der Waals surface area contributed by atoms with Gasteiger partial charge in [-0.25, -0.2) is 4.68 Å². The molecule has 28 heavy (non-hydrogen) atoms. The van der Waals surface area contributed by atoms with E-state index in [9.17, 15) is 13.2 Å². The largest absolute Gasteiger partial charge is 0.497 e. The van der Waals surface area contributed by atoms with E-state index in [1.165, 1.54) is 10.7 Å². The third kappa shape index (κ3) is 4.80. The van der Waals surface area contributed by atoms with E-state index in [-0.39, 0.29) is 10.8 Å². The van der Waals surface area contributed by atoms with Crippen LogP contribution in [0.4, 0.5) is 18.9 Å². The molecule has 0 saturated heterocycles. The van der Waals surface area contributed by atoms with E-state index in [2.05, 4.69) is 15.7 Å². The highest BCUT2D eigenvalue weighted by molar-refractivity contribution is 7.80. The second-order valence-corrected chi connectivity index (χ2v) is 6.24. The Labute approximate surface area is 165 Å². The Morgan fingerprint density at radius 1 is 1.18 bits per heavy atom. The van der Waals surface area contributed by atoms with Crippen LogP contribution in [0.5, 0.6) is 5.75 Å². The molecule has 2 aromatic carbocycles. The number of benzene rings is 2. The molecule has 3 aromatic rings. The molecule has 0 aliphatic rings. The molecular formula is C19H17F3N4OS. The number of thiocarbonyl (C=S) groups is 1. The van der Waals surface area contributed by atoms with Gasteiger partial charge >= 0.3 is 6.18 Å². The summed E-state index contributed by atoms with van der Waals surface area (Å²) in [6, 6.07) is 12.4. The van der Waals surface area contributed by atoms with Crippen molar-refractivity contribution >= 4 is 23.0 Å². The van der Waals surface area contributed by atoms with Crippen LogP contribution in [0.2, 0.25) is 0 Å². The number of ether oxygens (including phenoxy) is 1. The van der Waals surface area contributed by atoms with Gasteiger partial charge < -0.3 is 15.4 Å². The van der Waals surface area contributed by atoms with Crippen LogP contribution in [0.15, 0.2) is 60.9 Å². The molecule has 0 bridgehead atoms. The molecule has 0 aliphatic heterocycles. The zero-order chi connectivity index (χ0) is 20.1. The monoisotopic (exact) mass is 406 g/mol. The van der Waals surface area contributed by atoms with Crippen molar-refractivity contribution in [3.63, 3.8) is 0 Å². The van der Waals surface area contributed by atoms with Gasteiger partial charge in [-0.1, -0.05) is 12.1 Å². The van der Waals surface area contributed by atoms with E-state index in [1.807, 2.05) is 24.3 Å². The minimum absolute atomic E-state index is 0.198. The zero-order valence-corrected chi connectivity index (χ0v) is 15.6. The van der Waals surface area contributed by atoms with Gasteiger partial charge in [-0.05, 0) is 54.2 Å². The van der Waals surface area contributed by atoms with Crippen molar-refractivity contribution < 1.29 is 17.9 Å². The van der Waals surface area contributed by atoms with E-state index in [1.54, 1.807) is 25.6 Å². The van der Waals surface area contributed by atoms with Gasteiger partial charge in [0.1, 0.15) is 5.75 Å². The first-order chi connectivity index (χ1) is 13.4. The summed E-state index contributed by atoms with van der Waals surface area (Å²) < 4.78 is 45.9. The van der Waals surface area contributed by atoms with Gasteiger partial charge in [-0.15, -0.1) is 0 Å². The summed E-state index contributed by atoms with van der Waals surface area (Å²) in [7, 11) is 1.58. The number of anilines is 1. The summed E-state index contributed by atoms with van der Waals surface area (Å²) in [4.78, 5) is 0. The van der Waals surface area contributed by atoms with Crippen molar-refractivity contribution in [3.8, 4) is 11.4 Å². The van der Waals surface area contributed by atoms with E-state index in [0.29, 0.717) is 12.2 Å². The van der Waals surface area contributed by atoms with Crippen LogP contribution in [0.3, 0.4) is 0 Å². The van der Waals surface area contributed by atoms with Crippen LogP contribution in [0.1, 0.15) is 11.1 Å². The molecular weight excluding hydrogens is 389 g/mol. The summed E-state index contributed by atoms with van der Waals surface area (Å²) in [5.41, 5.74) is 0.822. The number of nitrogens with zero attached hydrogens (tertiary/aromatic N) is 2. The summed E-state index contributed by atoms with van der Waals surface area (Å²) in [5, 5.41) is 10.1. The minimum atomic E-state index is -4.46. The van der Waals surface area contributed by atoms with Crippen LogP contribution >= 0.6 is 12.2 Å². The summed E-state index contributed by atoms with van der Waals surface area (Å²) in [6.07, 6.45) is -1.28. The molecule has 0 fully saturated rings. The second kappa shape index (κ2) is 8.30. The van der Waals surface area contributed by atoms with Crippen LogP contribution in [-0.4, -0.2) is 22.0 Å². The fourth-order valence-corrected chi connectivity index (χ4v) is 2.70. The van der Waals surface area contributed by atoms with Crippen LogP contribution in [0, 0.1) is 0 Å². The first-order valence-corrected chi connectivity index (χ1v) is 8.66. The number of halogens is 3. The average molecular weight is 406 g/mol. The highest BCUT2D eigenvalue weighted by Gasteiger charge is 2.31. The molecule has 0 amide bonds. The Morgan fingerprint density at radius 3 is 2.54 bits per heavy atom. The summed E-state index contributed by atoms with van der Waals surface area (Å²) in [5.74, 6) is 0.734. The maximum atomic E-state index is 13.1. The molecule has 0 atom stereocenters. The molecule has 0 aliphatic carbocycles. The molecule has 146 valence electrons. The number of nitrogens with one attached hydrogen (secondary N) is 2. The lowest BCUT2D eigenvalue weighted by Gasteiger charge is -2.16. The van der Waals surface area contributed by atoms with E-state index < -0.39 is 11.7 Å². The van der Waals surface area contributed by atoms with Crippen molar-refractivity contribution in [1.82, 2.24) is 15.1 Å². The standard InChI is InChI=1S/C19H17F3N4OS/c1-27-15-6-3-13(4-7-15)12-23-18(28)25-16-11-14(19(20,21)22)5-8-17(16)26-10-2-9-24-26/h2-11H,12H2,1H3,(H2,23,25,28). The van der Waals surface area contributed by atoms with Crippen molar-refractivity contribution in [2.75, 3.05) is 12.4 Å². The number of methoxy groups -OCH3 is 1. The van der Waals surface area contributed by atoms with Crippen molar-refractivity contribution in [1.29, 1.82) is 0 Å². The molecule has 0 spiro atoms. The number of alkyl halides is 3. The molecule has 5 nitrogen and oxygen atoms in total. The Bertz CT molecular complexity index is 941. The van der Waals surface area contributed by atoms with Crippen molar-refractivity contribution in [2.45, 2.75) is 12.7 Å². The fraction of sp³-hybridized carbons (Fsp3) is 0.158. The van der Waals surface area contributed by atoms with E-state index in [0.717, 1.165) is 23.4 Å². The molecule has 3 rings (SSSR count). The predicted molar refractivity (Wildman–Crippen MR) is 105 cm³/mol. The molecule has 1 heterocycles. The lowest BCUT2D eigenvalue weighted by atomic mass is 10.1. The second-order valence-electron chi connectivity index (χ2n) is 5.84. The number of hydrogen-bond donors (Lipinski definition) is 2. The molecule has 0 radical (unpaired) electrons. The predicted octanol–water partition coefficient (Wildman–Crippen LogP) is 4.39. The SMILES string of the molecule is COc1ccc(CNC(=S)Nc2cc(C(F)(F)F)ccc2-n2cccn2)cc1. The topological polar surface area (TPSA) is 51.1 Å². The molecule has 2 N–H and O–H groups in total. The molecule has 9 heteroatoms. The molecule has 1 aromatic heterocycles. The van der Waals surface area contributed by atoms with E-state index in [4.69, 9.17) is 17.0 Å². The lowest BCUT2D eigenvalue weighted by Crippen LogP contribution is -2.28. The Balaban J connectivity index is 1.76. The first-order valence-electron chi connectivity index (χ1n) is 8.26. The maximum absolute atomic E-state index is 13.1. The van der Waals surface area contributed by atoms with Crippen molar-refractivity contribution in [3.05, 3.63) is 72.1 Å². The highest BCUT2D eigenvalue weighted by Crippen LogP contribution is 2.33. The lowest BCUT2D eigenvalue weighted by molar-refractivity contribution is -0.137. The molecule has 0 saturated carbocycles. The number of hydrogen-bond acceptors (Lipinski definition) is 3. The fourth-order valence-electron chi connectivity index (χ4n) is 2.52. The maximum Gasteiger partial charge on any atom is 0.416 e. The van der Waals surface area contributed by atoms with Gasteiger partial charge in [0.15, 0.2) is 5.11 Å². The summed E-state index contributed by atoms with van der Waals surface area (Å²) in [6.45, 7) is 0.409. The first kappa shape index (κ1) is 19.7. The van der Waals surface area contributed by atoms with Crippen LogP contribution < -0.4 is 15.4 Å². The number of rotatable bonds is 5. The van der Waals surface area contributed by atoms with Gasteiger partial charge in [0.05, 0.1) is 24.0 Å². The number of aromatic nitrogens is 2. The highest BCUT2D eigenvalue weighted by atomic mass is 32.1. The quantitative estimate of drug-likeness (QED) is 0.616.